The number of nitro groups is 1. The number of nitro benzene ring substituents is 1. The van der Waals surface area contributed by atoms with E-state index in [4.69, 9.17) is 0 Å². The normalized spacial score (nSPS) is 11.3. The minimum absolute atomic E-state index is 0.0628. The number of rotatable bonds is 3. The molecule has 104 valence electrons. The Morgan fingerprint density at radius 2 is 1.60 bits per heavy atom. The summed E-state index contributed by atoms with van der Waals surface area (Å²) in [5.74, 6) is -0.538. The van der Waals surface area contributed by atoms with Gasteiger partial charge >= 0.3 is 0 Å². The quantitative estimate of drug-likeness (QED) is 0.495. The number of hydrogen-bond donors (Lipinski definition) is 0. The predicted octanol–water partition coefficient (Wildman–Crippen LogP) is 2.88. The van der Waals surface area contributed by atoms with Gasteiger partial charge in [-0.15, -0.1) is 0 Å². The lowest BCUT2D eigenvalue weighted by atomic mass is 10.2. The number of hydrogen-bond acceptors (Lipinski definition) is 4. The monoisotopic (exact) mass is 295 g/mol. The standard InChI is InChI=1S/C13H10FNO4S/c1-9-8-12(6-7-13(9)15(16)17)20(18,19)11-4-2-10(14)3-5-11/h2-8H,1H3. The summed E-state index contributed by atoms with van der Waals surface area (Å²) in [4.78, 5) is 10.00. The molecule has 5 nitrogen and oxygen atoms in total. The van der Waals surface area contributed by atoms with Crippen LogP contribution in [0.2, 0.25) is 0 Å². The van der Waals surface area contributed by atoms with Crippen LogP contribution in [-0.2, 0) is 9.84 Å². The number of benzene rings is 2. The number of sulfone groups is 1. The smallest absolute Gasteiger partial charge is 0.258 e. The van der Waals surface area contributed by atoms with Crippen LogP contribution in [-0.4, -0.2) is 13.3 Å². The number of aryl methyl sites for hydroxylation is 1. The average Bonchev–Trinajstić information content (AvgIpc) is 2.38. The van der Waals surface area contributed by atoms with Gasteiger partial charge in [0.1, 0.15) is 5.82 Å². The molecule has 0 fully saturated rings. The van der Waals surface area contributed by atoms with Crippen molar-refractivity contribution in [2.45, 2.75) is 16.7 Å². The van der Waals surface area contributed by atoms with Gasteiger partial charge in [0, 0.05) is 11.6 Å². The Hall–Kier alpha value is -2.28. The second kappa shape index (κ2) is 5.01. The Labute approximate surface area is 114 Å². The molecule has 0 aromatic heterocycles. The second-order valence-electron chi connectivity index (χ2n) is 4.16. The van der Waals surface area contributed by atoms with Crippen LogP contribution in [0.3, 0.4) is 0 Å². The molecule has 0 aliphatic carbocycles. The molecule has 2 aromatic rings. The maximum absolute atomic E-state index is 12.8. The van der Waals surface area contributed by atoms with Gasteiger partial charge in [-0.1, -0.05) is 0 Å². The molecule has 0 aliphatic heterocycles. The van der Waals surface area contributed by atoms with Gasteiger partial charge in [0.15, 0.2) is 0 Å². The van der Waals surface area contributed by atoms with E-state index in [-0.39, 0.29) is 21.0 Å². The Kier molecular flexibility index (Phi) is 3.54. The third-order valence-electron chi connectivity index (χ3n) is 2.80. The predicted molar refractivity (Wildman–Crippen MR) is 69.7 cm³/mol. The van der Waals surface area contributed by atoms with Crippen molar-refractivity contribution < 1.29 is 17.7 Å². The van der Waals surface area contributed by atoms with Crippen LogP contribution in [0, 0.1) is 22.9 Å². The van der Waals surface area contributed by atoms with E-state index in [0.29, 0.717) is 0 Å². The summed E-state index contributed by atoms with van der Waals surface area (Å²) in [5.41, 5.74) is 0.0984. The van der Waals surface area contributed by atoms with E-state index in [1.807, 2.05) is 0 Å². The lowest BCUT2D eigenvalue weighted by molar-refractivity contribution is -0.385. The van der Waals surface area contributed by atoms with Crippen LogP contribution in [0.5, 0.6) is 0 Å². The highest BCUT2D eigenvalue weighted by atomic mass is 32.2. The lowest BCUT2D eigenvalue weighted by Crippen LogP contribution is -2.03. The number of nitrogens with zero attached hydrogens (tertiary/aromatic N) is 1. The van der Waals surface area contributed by atoms with Gasteiger partial charge in [0.2, 0.25) is 9.84 Å². The van der Waals surface area contributed by atoms with Crippen molar-refractivity contribution in [2.24, 2.45) is 0 Å². The zero-order chi connectivity index (χ0) is 14.9. The summed E-state index contributed by atoms with van der Waals surface area (Å²) in [5, 5.41) is 10.7. The summed E-state index contributed by atoms with van der Waals surface area (Å²) < 4.78 is 37.4. The van der Waals surface area contributed by atoms with Gasteiger partial charge < -0.3 is 0 Å². The van der Waals surface area contributed by atoms with Gasteiger partial charge in [0.05, 0.1) is 14.7 Å². The van der Waals surface area contributed by atoms with Gasteiger partial charge in [0.25, 0.3) is 5.69 Å². The van der Waals surface area contributed by atoms with Crippen molar-refractivity contribution in [1.82, 2.24) is 0 Å². The van der Waals surface area contributed by atoms with E-state index in [9.17, 15) is 22.9 Å². The zero-order valence-corrected chi connectivity index (χ0v) is 11.2. The minimum atomic E-state index is -3.81. The molecule has 0 aliphatic rings. The summed E-state index contributed by atoms with van der Waals surface area (Å²) in [7, 11) is -3.81. The van der Waals surface area contributed by atoms with Gasteiger partial charge in [-0.05, 0) is 43.3 Å². The van der Waals surface area contributed by atoms with E-state index in [1.54, 1.807) is 0 Å². The van der Waals surface area contributed by atoms with Crippen molar-refractivity contribution in [3.8, 4) is 0 Å². The molecule has 0 saturated heterocycles. The molecular formula is C13H10FNO4S. The van der Waals surface area contributed by atoms with Crippen LogP contribution >= 0.6 is 0 Å². The van der Waals surface area contributed by atoms with Crippen molar-refractivity contribution in [3.05, 3.63) is 64.0 Å². The third-order valence-corrected chi connectivity index (χ3v) is 4.57. The largest absolute Gasteiger partial charge is 0.272 e. The molecule has 20 heavy (non-hydrogen) atoms. The van der Waals surface area contributed by atoms with Crippen LogP contribution in [0.4, 0.5) is 10.1 Å². The molecular weight excluding hydrogens is 285 g/mol. The maximum atomic E-state index is 12.8. The Bertz CT molecular complexity index is 769. The molecule has 0 saturated carbocycles. The fourth-order valence-electron chi connectivity index (χ4n) is 1.75. The van der Waals surface area contributed by atoms with Crippen LogP contribution < -0.4 is 0 Å². The number of halogens is 1. The van der Waals surface area contributed by atoms with Gasteiger partial charge in [-0.2, -0.15) is 0 Å². The highest BCUT2D eigenvalue weighted by molar-refractivity contribution is 7.91. The highest BCUT2D eigenvalue weighted by Crippen LogP contribution is 2.26. The van der Waals surface area contributed by atoms with Crippen molar-refractivity contribution in [3.63, 3.8) is 0 Å². The summed E-state index contributed by atoms with van der Waals surface area (Å²) >= 11 is 0. The first-order chi connectivity index (χ1) is 9.32. The van der Waals surface area contributed by atoms with E-state index < -0.39 is 20.6 Å². The Morgan fingerprint density at radius 3 is 2.10 bits per heavy atom. The highest BCUT2D eigenvalue weighted by Gasteiger charge is 2.20. The van der Waals surface area contributed by atoms with E-state index in [2.05, 4.69) is 0 Å². The molecule has 0 bridgehead atoms. The summed E-state index contributed by atoms with van der Waals surface area (Å²) in [6, 6.07) is 7.95. The van der Waals surface area contributed by atoms with E-state index in [0.717, 1.165) is 30.3 Å². The first kappa shape index (κ1) is 14.1. The second-order valence-corrected chi connectivity index (χ2v) is 6.11. The van der Waals surface area contributed by atoms with Crippen molar-refractivity contribution in [1.29, 1.82) is 0 Å². The van der Waals surface area contributed by atoms with Gasteiger partial charge in [-0.3, -0.25) is 10.1 Å². The lowest BCUT2D eigenvalue weighted by Gasteiger charge is -2.06. The fourth-order valence-corrected chi connectivity index (χ4v) is 3.10. The van der Waals surface area contributed by atoms with E-state index >= 15 is 0 Å². The molecule has 0 heterocycles. The van der Waals surface area contributed by atoms with E-state index in [1.165, 1.54) is 19.1 Å². The summed E-state index contributed by atoms with van der Waals surface area (Å²) in [6.07, 6.45) is 0. The molecule has 0 amide bonds. The maximum Gasteiger partial charge on any atom is 0.272 e. The molecule has 0 N–H and O–H groups in total. The molecule has 2 rings (SSSR count). The van der Waals surface area contributed by atoms with Crippen LogP contribution in [0.1, 0.15) is 5.56 Å². The summed E-state index contributed by atoms with van der Waals surface area (Å²) in [6.45, 7) is 1.46. The Morgan fingerprint density at radius 1 is 1.05 bits per heavy atom. The van der Waals surface area contributed by atoms with Gasteiger partial charge in [-0.25, -0.2) is 12.8 Å². The fraction of sp³-hybridized carbons (Fsp3) is 0.0769. The van der Waals surface area contributed by atoms with Crippen molar-refractivity contribution in [2.75, 3.05) is 0 Å². The molecule has 2 aromatic carbocycles. The molecule has 7 heteroatoms. The zero-order valence-electron chi connectivity index (χ0n) is 10.4. The minimum Gasteiger partial charge on any atom is -0.258 e. The van der Waals surface area contributed by atoms with Crippen LogP contribution in [0.15, 0.2) is 52.3 Å². The molecule has 0 unspecified atom stereocenters. The SMILES string of the molecule is Cc1cc(S(=O)(=O)c2ccc(F)cc2)ccc1[N+](=O)[O-]. The molecule has 0 spiro atoms. The molecule has 0 atom stereocenters. The average molecular weight is 295 g/mol. The van der Waals surface area contributed by atoms with Crippen molar-refractivity contribution >= 4 is 15.5 Å². The Balaban J connectivity index is 2.52. The third kappa shape index (κ3) is 2.53. The van der Waals surface area contributed by atoms with Crippen LogP contribution in [0.25, 0.3) is 0 Å². The molecule has 0 radical (unpaired) electrons. The first-order valence-electron chi connectivity index (χ1n) is 5.58. The first-order valence-corrected chi connectivity index (χ1v) is 7.06. The topological polar surface area (TPSA) is 77.3 Å².